The molecule has 0 bridgehead atoms. The van der Waals surface area contributed by atoms with Crippen LogP contribution in [0.4, 0.5) is 0 Å². The van der Waals surface area contributed by atoms with Gasteiger partial charge in [0.25, 0.3) is 0 Å². The van der Waals surface area contributed by atoms with Gasteiger partial charge in [0, 0.05) is 20.3 Å². The molecular weight excluding hydrogens is 186 g/mol. The van der Waals surface area contributed by atoms with Gasteiger partial charge in [-0.1, -0.05) is 0 Å². The van der Waals surface area contributed by atoms with E-state index in [2.05, 4.69) is 5.32 Å². The van der Waals surface area contributed by atoms with E-state index in [0.717, 1.165) is 13.0 Å². The lowest BCUT2D eigenvalue weighted by Gasteiger charge is -2.08. The van der Waals surface area contributed by atoms with E-state index in [-0.39, 0.29) is 6.61 Å². The second kappa shape index (κ2) is 10.9. The summed E-state index contributed by atoms with van der Waals surface area (Å²) in [6.45, 7) is 2.94. The highest BCUT2D eigenvalue weighted by atomic mass is 16.5. The first-order valence-corrected chi connectivity index (χ1v) is 4.87. The summed E-state index contributed by atoms with van der Waals surface area (Å²) in [5, 5.41) is 20.5. The van der Waals surface area contributed by atoms with Crippen LogP contribution in [0.3, 0.4) is 0 Å². The Kier molecular flexibility index (Phi) is 10.7. The first kappa shape index (κ1) is 13.8. The van der Waals surface area contributed by atoms with Gasteiger partial charge in [-0.3, -0.25) is 0 Å². The molecule has 0 radical (unpaired) electrons. The fourth-order valence-corrected chi connectivity index (χ4v) is 0.877. The Balaban J connectivity index is 2.92. The Morgan fingerprint density at radius 3 is 2.71 bits per heavy atom. The summed E-state index contributed by atoms with van der Waals surface area (Å²) in [6.07, 6.45) is 0.228. The molecule has 5 heteroatoms. The fourth-order valence-electron chi connectivity index (χ4n) is 0.877. The van der Waals surface area contributed by atoms with Gasteiger partial charge in [0.1, 0.15) is 0 Å². The highest BCUT2D eigenvalue weighted by molar-refractivity contribution is 4.56. The third kappa shape index (κ3) is 9.88. The molecule has 0 aromatic heterocycles. The molecule has 0 aromatic rings. The van der Waals surface area contributed by atoms with Gasteiger partial charge in [-0.05, 0) is 13.0 Å². The Labute approximate surface area is 85.0 Å². The largest absolute Gasteiger partial charge is 0.394 e. The summed E-state index contributed by atoms with van der Waals surface area (Å²) in [7, 11) is 1.64. The molecule has 3 N–H and O–H groups in total. The van der Waals surface area contributed by atoms with Gasteiger partial charge in [-0.25, -0.2) is 0 Å². The van der Waals surface area contributed by atoms with Crippen LogP contribution in [0, 0.1) is 0 Å². The molecule has 1 atom stereocenters. The lowest BCUT2D eigenvalue weighted by Crippen LogP contribution is -2.30. The monoisotopic (exact) mass is 207 g/mol. The summed E-state index contributed by atoms with van der Waals surface area (Å²) in [5.41, 5.74) is 0. The van der Waals surface area contributed by atoms with Crippen LogP contribution >= 0.6 is 0 Å². The molecule has 0 amide bonds. The van der Waals surface area contributed by atoms with E-state index < -0.39 is 6.10 Å². The van der Waals surface area contributed by atoms with E-state index in [1.165, 1.54) is 0 Å². The molecule has 86 valence electrons. The fraction of sp³-hybridized carbons (Fsp3) is 1.00. The molecule has 14 heavy (non-hydrogen) atoms. The van der Waals surface area contributed by atoms with Crippen LogP contribution in [0.2, 0.25) is 0 Å². The van der Waals surface area contributed by atoms with Crippen LogP contribution in [0.5, 0.6) is 0 Å². The quantitative estimate of drug-likeness (QED) is 0.400. The molecule has 0 fully saturated rings. The smallest absolute Gasteiger partial charge is 0.0894 e. The minimum Gasteiger partial charge on any atom is -0.394 e. The van der Waals surface area contributed by atoms with Crippen molar-refractivity contribution < 1.29 is 19.7 Å². The van der Waals surface area contributed by atoms with E-state index in [1.54, 1.807) is 7.11 Å². The van der Waals surface area contributed by atoms with Crippen molar-refractivity contribution in [2.75, 3.05) is 46.6 Å². The van der Waals surface area contributed by atoms with Gasteiger partial charge >= 0.3 is 0 Å². The Bertz CT molecular complexity index is 113. The Morgan fingerprint density at radius 1 is 1.29 bits per heavy atom. The van der Waals surface area contributed by atoms with Gasteiger partial charge in [0.05, 0.1) is 25.9 Å². The highest BCUT2D eigenvalue weighted by Gasteiger charge is 1.99. The van der Waals surface area contributed by atoms with Gasteiger partial charge in [0.2, 0.25) is 0 Å². The third-order valence-corrected chi connectivity index (χ3v) is 1.66. The number of hydrogen-bond donors (Lipinski definition) is 3. The molecule has 5 nitrogen and oxygen atoms in total. The van der Waals surface area contributed by atoms with E-state index in [0.29, 0.717) is 26.4 Å². The first-order chi connectivity index (χ1) is 6.81. The molecule has 0 aromatic carbocycles. The molecule has 0 saturated carbocycles. The maximum atomic E-state index is 8.97. The Hall–Kier alpha value is -0.200. The van der Waals surface area contributed by atoms with Crippen LogP contribution in [-0.4, -0.2) is 62.9 Å². The zero-order chi connectivity index (χ0) is 10.6. The number of hydrogen-bond acceptors (Lipinski definition) is 5. The predicted octanol–water partition coefficient (Wildman–Crippen LogP) is -1.02. The van der Waals surface area contributed by atoms with Crippen molar-refractivity contribution >= 4 is 0 Å². The molecule has 0 unspecified atom stereocenters. The summed E-state index contributed by atoms with van der Waals surface area (Å²) in [5.74, 6) is 0. The molecule has 0 spiro atoms. The van der Waals surface area contributed by atoms with Gasteiger partial charge in [-0.15, -0.1) is 0 Å². The zero-order valence-electron chi connectivity index (χ0n) is 8.74. The van der Waals surface area contributed by atoms with Crippen molar-refractivity contribution in [2.45, 2.75) is 12.5 Å². The SMILES string of the molecule is COCCOCCCNC[C@H](O)CO. The van der Waals surface area contributed by atoms with Crippen molar-refractivity contribution in [3.8, 4) is 0 Å². The minimum absolute atomic E-state index is 0.197. The van der Waals surface area contributed by atoms with Crippen molar-refractivity contribution in [1.82, 2.24) is 5.32 Å². The molecule has 0 rings (SSSR count). The van der Waals surface area contributed by atoms with Crippen LogP contribution in [-0.2, 0) is 9.47 Å². The number of aliphatic hydroxyl groups excluding tert-OH is 2. The van der Waals surface area contributed by atoms with Gasteiger partial charge in [-0.2, -0.15) is 0 Å². The van der Waals surface area contributed by atoms with Crippen LogP contribution in [0.15, 0.2) is 0 Å². The van der Waals surface area contributed by atoms with Crippen molar-refractivity contribution in [3.05, 3.63) is 0 Å². The summed E-state index contributed by atoms with van der Waals surface area (Å²) in [4.78, 5) is 0. The van der Waals surface area contributed by atoms with E-state index in [9.17, 15) is 0 Å². The summed E-state index contributed by atoms with van der Waals surface area (Å²) in [6, 6.07) is 0. The van der Waals surface area contributed by atoms with Crippen LogP contribution in [0.1, 0.15) is 6.42 Å². The maximum absolute atomic E-state index is 8.97. The number of rotatable bonds is 10. The van der Waals surface area contributed by atoms with Crippen molar-refractivity contribution in [2.24, 2.45) is 0 Å². The molecule has 0 aliphatic rings. The van der Waals surface area contributed by atoms with E-state index in [1.807, 2.05) is 0 Å². The third-order valence-electron chi connectivity index (χ3n) is 1.66. The van der Waals surface area contributed by atoms with E-state index in [4.69, 9.17) is 19.7 Å². The number of nitrogens with one attached hydrogen (secondary N) is 1. The second-order valence-corrected chi connectivity index (χ2v) is 3.00. The highest BCUT2D eigenvalue weighted by Crippen LogP contribution is 1.82. The number of aliphatic hydroxyl groups is 2. The number of methoxy groups -OCH3 is 1. The topological polar surface area (TPSA) is 71.0 Å². The lowest BCUT2D eigenvalue weighted by atomic mass is 10.3. The second-order valence-electron chi connectivity index (χ2n) is 3.00. The minimum atomic E-state index is -0.663. The average Bonchev–Trinajstić information content (AvgIpc) is 2.21. The first-order valence-electron chi connectivity index (χ1n) is 4.87. The molecule has 0 aliphatic carbocycles. The molecule has 0 heterocycles. The van der Waals surface area contributed by atoms with Gasteiger partial charge in [0.15, 0.2) is 0 Å². The molecular formula is C9H21NO4. The summed E-state index contributed by atoms with van der Waals surface area (Å²) < 4.78 is 10.0. The predicted molar refractivity (Wildman–Crippen MR) is 53.3 cm³/mol. The standard InChI is InChI=1S/C9H21NO4/c1-13-5-6-14-4-2-3-10-7-9(12)8-11/h9-12H,2-8H2,1H3/t9-/m0/s1. The van der Waals surface area contributed by atoms with Crippen LogP contribution < -0.4 is 5.32 Å². The normalized spacial score (nSPS) is 13.1. The molecule has 0 aliphatic heterocycles. The van der Waals surface area contributed by atoms with Gasteiger partial charge < -0.3 is 25.0 Å². The van der Waals surface area contributed by atoms with Crippen molar-refractivity contribution in [1.29, 1.82) is 0 Å². The van der Waals surface area contributed by atoms with Crippen molar-refractivity contribution in [3.63, 3.8) is 0 Å². The lowest BCUT2D eigenvalue weighted by molar-refractivity contribution is 0.0679. The maximum Gasteiger partial charge on any atom is 0.0894 e. The van der Waals surface area contributed by atoms with Crippen LogP contribution in [0.25, 0.3) is 0 Å². The van der Waals surface area contributed by atoms with E-state index >= 15 is 0 Å². The summed E-state index contributed by atoms with van der Waals surface area (Å²) >= 11 is 0. The Morgan fingerprint density at radius 2 is 2.07 bits per heavy atom. The zero-order valence-corrected chi connectivity index (χ0v) is 8.74. The molecule has 0 saturated heterocycles. The average molecular weight is 207 g/mol. The number of ether oxygens (including phenoxy) is 2.